The molecular formula is C24H28Cl2N6O3. The van der Waals surface area contributed by atoms with Crippen LogP contribution >= 0.6 is 23.2 Å². The van der Waals surface area contributed by atoms with Gasteiger partial charge in [0, 0.05) is 36.2 Å². The lowest BCUT2D eigenvalue weighted by Crippen LogP contribution is -2.53. The smallest absolute Gasteiger partial charge is 0.295 e. The number of nitrogens with one attached hydrogen (secondary N) is 2. The summed E-state index contributed by atoms with van der Waals surface area (Å²) in [4.78, 5) is 26.4. The number of benzene rings is 1. The van der Waals surface area contributed by atoms with Gasteiger partial charge in [-0.1, -0.05) is 23.2 Å². The number of anilines is 2. The van der Waals surface area contributed by atoms with Gasteiger partial charge in [0.15, 0.2) is 11.7 Å². The number of pyridine rings is 1. The minimum atomic E-state index is -0.606. The molecular weight excluding hydrogens is 491 g/mol. The molecule has 1 saturated heterocycles. The van der Waals surface area contributed by atoms with Crippen LogP contribution in [0.1, 0.15) is 24.1 Å². The second-order valence-corrected chi connectivity index (χ2v) is 9.62. The fourth-order valence-corrected chi connectivity index (χ4v) is 5.54. The Morgan fingerprint density at radius 3 is 2.91 bits per heavy atom. The molecule has 5 rings (SSSR count). The van der Waals surface area contributed by atoms with Crippen molar-refractivity contribution < 1.29 is 13.9 Å². The summed E-state index contributed by atoms with van der Waals surface area (Å²) in [5.41, 5.74) is 4.15. The first kappa shape index (κ1) is 24.1. The van der Waals surface area contributed by atoms with E-state index in [4.69, 9.17) is 32.4 Å². The summed E-state index contributed by atoms with van der Waals surface area (Å²) in [5.74, 6) is -0.0500. The van der Waals surface area contributed by atoms with Gasteiger partial charge in [-0.3, -0.25) is 9.78 Å². The van der Waals surface area contributed by atoms with Gasteiger partial charge in [-0.25, -0.2) is 0 Å². The van der Waals surface area contributed by atoms with Crippen molar-refractivity contribution in [3.05, 3.63) is 45.7 Å². The van der Waals surface area contributed by atoms with Gasteiger partial charge in [-0.2, -0.15) is 4.98 Å². The van der Waals surface area contributed by atoms with Gasteiger partial charge in [0.05, 0.1) is 31.6 Å². The molecule has 0 saturated carbocycles. The molecule has 11 heteroatoms. The molecule has 1 amide bonds. The molecule has 2 N–H and O–H groups in total. The Kier molecular flexibility index (Phi) is 7.02. The lowest BCUT2D eigenvalue weighted by molar-refractivity contribution is -0.147. The van der Waals surface area contributed by atoms with Gasteiger partial charge >= 0.3 is 0 Å². The van der Waals surface area contributed by atoms with Gasteiger partial charge in [0.1, 0.15) is 11.2 Å². The summed E-state index contributed by atoms with van der Waals surface area (Å²) in [6, 6.07) is 3.95. The minimum Gasteiger partial charge on any atom is -0.421 e. The number of oxazole rings is 1. The Morgan fingerprint density at radius 1 is 1.23 bits per heavy atom. The molecule has 1 aromatic carbocycles. The third kappa shape index (κ3) is 4.78. The summed E-state index contributed by atoms with van der Waals surface area (Å²) >= 11 is 12.7. The summed E-state index contributed by atoms with van der Waals surface area (Å²) in [6.07, 6.45) is 3.52. The molecule has 3 aromatic rings. The highest BCUT2D eigenvalue weighted by atomic mass is 35.5. The SMILES string of the molecule is CNCCNc1nc2cncc(N3CCO[C@H](C(=O)N4CCc5cc(Cl)cc(Cl)c5[C@@H]4C)C3)c2o1. The van der Waals surface area contributed by atoms with E-state index < -0.39 is 6.10 Å². The molecule has 0 bridgehead atoms. The van der Waals surface area contributed by atoms with Crippen LogP contribution in [0.15, 0.2) is 28.9 Å². The van der Waals surface area contributed by atoms with Crippen molar-refractivity contribution in [3.63, 3.8) is 0 Å². The number of amides is 1. The van der Waals surface area contributed by atoms with Crippen LogP contribution in [0.25, 0.3) is 11.1 Å². The summed E-state index contributed by atoms with van der Waals surface area (Å²) < 4.78 is 11.9. The number of hydrogen-bond donors (Lipinski definition) is 2. The van der Waals surface area contributed by atoms with Crippen LogP contribution in [0, 0.1) is 0 Å². The monoisotopic (exact) mass is 518 g/mol. The van der Waals surface area contributed by atoms with E-state index in [1.165, 1.54) is 0 Å². The number of ether oxygens (including phenoxy) is 1. The van der Waals surface area contributed by atoms with Crippen LogP contribution in [-0.4, -0.2) is 73.3 Å². The third-order valence-corrected chi connectivity index (χ3v) is 7.11. The fourth-order valence-electron chi connectivity index (χ4n) is 4.84. The van der Waals surface area contributed by atoms with Crippen molar-refractivity contribution in [1.29, 1.82) is 0 Å². The van der Waals surface area contributed by atoms with Crippen molar-refractivity contribution in [2.45, 2.75) is 25.5 Å². The summed E-state index contributed by atoms with van der Waals surface area (Å²) in [7, 11) is 1.89. The molecule has 35 heavy (non-hydrogen) atoms. The number of aromatic nitrogens is 2. The topological polar surface area (TPSA) is 95.8 Å². The molecule has 4 heterocycles. The van der Waals surface area contributed by atoms with E-state index in [9.17, 15) is 4.79 Å². The molecule has 0 spiro atoms. The normalized spacial score (nSPS) is 20.2. The van der Waals surface area contributed by atoms with E-state index in [1.54, 1.807) is 18.5 Å². The highest BCUT2D eigenvalue weighted by molar-refractivity contribution is 6.35. The first-order valence-corrected chi connectivity index (χ1v) is 12.5. The number of carbonyl (C=O) groups excluding carboxylic acids is 1. The van der Waals surface area contributed by atoms with E-state index in [2.05, 4.69) is 25.5 Å². The van der Waals surface area contributed by atoms with Crippen LogP contribution in [-0.2, 0) is 16.0 Å². The predicted molar refractivity (Wildman–Crippen MR) is 136 cm³/mol. The van der Waals surface area contributed by atoms with E-state index in [-0.39, 0.29) is 11.9 Å². The number of likely N-dealkylation sites (N-methyl/N-ethyl adjacent to an activating group) is 1. The van der Waals surface area contributed by atoms with Crippen molar-refractivity contribution in [1.82, 2.24) is 20.2 Å². The van der Waals surface area contributed by atoms with Gasteiger partial charge in [0.25, 0.3) is 11.9 Å². The molecule has 0 aliphatic carbocycles. The zero-order chi connectivity index (χ0) is 24.5. The highest BCUT2D eigenvalue weighted by Crippen LogP contribution is 2.38. The highest BCUT2D eigenvalue weighted by Gasteiger charge is 2.36. The second kappa shape index (κ2) is 10.2. The Balaban J connectivity index is 1.34. The standard InChI is InChI=1S/C24H28Cl2N6O3/c1-14-21-15(9-16(25)10-17(21)26)3-6-32(14)23(33)20-13-31(7-8-34-20)19-12-28-11-18-22(19)35-24(30-18)29-5-4-27-2/h9-12,14,20,27H,3-8,13H2,1-2H3,(H,29,30)/t14-,20-/m0/s1. The Hall–Kier alpha value is -2.59. The van der Waals surface area contributed by atoms with Crippen molar-refractivity contribution in [2.24, 2.45) is 0 Å². The van der Waals surface area contributed by atoms with Crippen LogP contribution in [0.3, 0.4) is 0 Å². The van der Waals surface area contributed by atoms with E-state index >= 15 is 0 Å². The van der Waals surface area contributed by atoms with Crippen molar-refractivity contribution >= 4 is 51.9 Å². The van der Waals surface area contributed by atoms with Crippen molar-refractivity contribution in [3.8, 4) is 0 Å². The lowest BCUT2D eigenvalue weighted by atomic mass is 9.93. The average Bonchev–Trinajstić information content (AvgIpc) is 3.27. The first-order chi connectivity index (χ1) is 17.0. The molecule has 0 unspecified atom stereocenters. The van der Waals surface area contributed by atoms with Crippen molar-refractivity contribution in [2.75, 3.05) is 56.6 Å². The zero-order valence-electron chi connectivity index (χ0n) is 19.7. The van der Waals surface area contributed by atoms with Gasteiger partial charge in [-0.05, 0) is 43.7 Å². The second-order valence-electron chi connectivity index (χ2n) is 8.78. The number of morpholine rings is 1. The number of hydrogen-bond acceptors (Lipinski definition) is 8. The fraction of sp³-hybridized carbons (Fsp3) is 0.458. The van der Waals surface area contributed by atoms with Crippen LogP contribution in [0.4, 0.5) is 11.7 Å². The molecule has 2 aromatic heterocycles. The van der Waals surface area contributed by atoms with Crippen LogP contribution in [0.5, 0.6) is 0 Å². The number of rotatable bonds is 6. The quantitative estimate of drug-likeness (QED) is 0.478. The van der Waals surface area contributed by atoms with Gasteiger partial charge in [-0.15, -0.1) is 0 Å². The van der Waals surface area contributed by atoms with E-state index in [1.807, 2.05) is 24.9 Å². The number of fused-ring (bicyclic) bond motifs is 2. The minimum absolute atomic E-state index is 0.0500. The predicted octanol–water partition coefficient (Wildman–Crippen LogP) is 3.51. The molecule has 2 aliphatic heterocycles. The molecule has 0 radical (unpaired) electrons. The average molecular weight is 519 g/mol. The van der Waals surface area contributed by atoms with Crippen LogP contribution in [0.2, 0.25) is 10.0 Å². The lowest BCUT2D eigenvalue weighted by Gasteiger charge is -2.40. The molecule has 186 valence electrons. The maximum Gasteiger partial charge on any atom is 0.295 e. The number of nitrogens with zero attached hydrogens (tertiary/aromatic N) is 4. The summed E-state index contributed by atoms with van der Waals surface area (Å²) in [5, 5.41) is 7.44. The Labute approximate surface area is 213 Å². The van der Waals surface area contributed by atoms with Gasteiger partial charge in [0.2, 0.25) is 0 Å². The van der Waals surface area contributed by atoms with E-state index in [0.29, 0.717) is 66.4 Å². The Bertz CT molecular complexity index is 1240. The van der Waals surface area contributed by atoms with E-state index in [0.717, 1.165) is 23.4 Å². The molecule has 2 aliphatic rings. The zero-order valence-corrected chi connectivity index (χ0v) is 21.2. The molecule has 9 nitrogen and oxygen atoms in total. The maximum absolute atomic E-state index is 13.6. The summed E-state index contributed by atoms with van der Waals surface area (Å²) in [6.45, 7) is 5.50. The largest absolute Gasteiger partial charge is 0.421 e. The maximum atomic E-state index is 13.6. The first-order valence-electron chi connectivity index (χ1n) is 11.7. The molecule has 2 atom stereocenters. The Morgan fingerprint density at radius 2 is 2.09 bits per heavy atom. The van der Waals surface area contributed by atoms with Crippen LogP contribution < -0.4 is 15.5 Å². The molecule has 1 fully saturated rings. The van der Waals surface area contributed by atoms with Gasteiger partial charge < -0.3 is 29.6 Å². The third-order valence-electron chi connectivity index (χ3n) is 6.58. The number of carbonyl (C=O) groups is 1. The number of halogens is 2.